The monoisotopic (exact) mass is 458 g/mol. The van der Waals surface area contributed by atoms with E-state index in [1.165, 1.54) is 0 Å². The second-order valence-corrected chi connectivity index (χ2v) is 8.48. The number of nitrogens with two attached hydrogens (primary N) is 1. The zero-order chi connectivity index (χ0) is 23.0. The highest BCUT2D eigenvalue weighted by Gasteiger charge is 2.35. The van der Waals surface area contributed by atoms with Crippen molar-refractivity contribution >= 4 is 46.8 Å². The third-order valence-electron chi connectivity index (χ3n) is 5.89. The molecule has 2 aliphatic rings. The molecule has 2 aliphatic heterocycles. The van der Waals surface area contributed by atoms with Crippen LogP contribution >= 0.6 is 11.6 Å². The number of rotatable bonds is 4. The molecule has 32 heavy (non-hydrogen) atoms. The van der Waals surface area contributed by atoms with Crippen LogP contribution in [0, 0.1) is 12.8 Å². The smallest absolute Gasteiger partial charge is 0.258 e. The summed E-state index contributed by atoms with van der Waals surface area (Å²) in [5, 5.41) is 5.82. The van der Waals surface area contributed by atoms with Gasteiger partial charge in [-0.3, -0.25) is 24.2 Å². The first-order valence-electron chi connectivity index (χ1n) is 10.3. The Kier molecular flexibility index (Phi) is 5.88. The van der Waals surface area contributed by atoms with Crippen molar-refractivity contribution in [3.05, 3.63) is 44.7 Å². The van der Waals surface area contributed by atoms with Crippen molar-refractivity contribution in [2.24, 2.45) is 11.7 Å². The number of aromatic nitrogens is 2. The molecule has 3 amide bonds. The van der Waals surface area contributed by atoms with Crippen LogP contribution in [-0.2, 0) is 14.4 Å². The number of anilines is 3. The standard InChI is InChI=1S/C21H23ClN6O4/c1-10-2-3-12(8-14(10)22)24-19(31)13-9-15(29)25-18-16(13)20(32)27-21(26-18)28-6-4-11(5-7-28)17(23)30/h2-3,8,11,13H,4-7,9H2,1H3,(H2,23,30)(H,24,31)(H2,25,26,27,29,32)/t13-/m1/s1. The maximum Gasteiger partial charge on any atom is 0.258 e. The van der Waals surface area contributed by atoms with E-state index in [0.717, 1.165) is 5.56 Å². The Bertz CT molecular complexity index is 1160. The second-order valence-electron chi connectivity index (χ2n) is 8.07. The van der Waals surface area contributed by atoms with Crippen molar-refractivity contribution in [2.45, 2.75) is 32.1 Å². The number of H-pyrrole nitrogens is 1. The predicted octanol–water partition coefficient (Wildman–Crippen LogP) is 1.50. The fourth-order valence-corrected chi connectivity index (χ4v) is 4.19. The average Bonchev–Trinajstić information content (AvgIpc) is 2.75. The zero-order valence-corrected chi connectivity index (χ0v) is 18.2. The van der Waals surface area contributed by atoms with Crippen LogP contribution in [0.4, 0.5) is 17.5 Å². The normalized spacial score (nSPS) is 18.6. The third-order valence-corrected chi connectivity index (χ3v) is 6.30. The van der Waals surface area contributed by atoms with Crippen molar-refractivity contribution < 1.29 is 14.4 Å². The van der Waals surface area contributed by atoms with Crippen molar-refractivity contribution in [1.82, 2.24) is 9.97 Å². The lowest BCUT2D eigenvalue weighted by Gasteiger charge is -2.32. The van der Waals surface area contributed by atoms with Gasteiger partial charge in [-0.1, -0.05) is 17.7 Å². The van der Waals surface area contributed by atoms with Crippen LogP contribution in [0.15, 0.2) is 23.0 Å². The third kappa shape index (κ3) is 4.31. The summed E-state index contributed by atoms with van der Waals surface area (Å²) in [4.78, 5) is 58.5. The molecule has 0 spiro atoms. The van der Waals surface area contributed by atoms with Crippen molar-refractivity contribution in [3.8, 4) is 0 Å². The number of fused-ring (bicyclic) bond motifs is 1. The molecule has 1 fully saturated rings. The number of aryl methyl sites for hydroxylation is 1. The molecule has 5 N–H and O–H groups in total. The molecule has 3 heterocycles. The maximum atomic E-state index is 12.9. The topological polar surface area (TPSA) is 150 Å². The van der Waals surface area contributed by atoms with Gasteiger partial charge in [0.05, 0.1) is 11.5 Å². The zero-order valence-electron chi connectivity index (χ0n) is 17.4. The Hall–Kier alpha value is -3.40. The van der Waals surface area contributed by atoms with Gasteiger partial charge in [-0.2, -0.15) is 4.98 Å². The van der Waals surface area contributed by atoms with Gasteiger partial charge in [0.15, 0.2) is 0 Å². The largest absolute Gasteiger partial charge is 0.369 e. The van der Waals surface area contributed by atoms with E-state index in [-0.39, 0.29) is 35.6 Å². The van der Waals surface area contributed by atoms with Gasteiger partial charge >= 0.3 is 0 Å². The van der Waals surface area contributed by atoms with Crippen LogP contribution in [0.25, 0.3) is 0 Å². The van der Waals surface area contributed by atoms with Gasteiger partial charge < -0.3 is 21.3 Å². The first-order chi connectivity index (χ1) is 15.2. The number of carbonyl (C=O) groups excluding carboxylic acids is 3. The van der Waals surface area contributed by atoms with Gasteiger partial charge in [0.1, 0.15) is 5.82 Å². The van der Waals surface area contributed by atoms with E-state index in [0.29, 0.717) is 36.6 Å². The summed E-state index contributed by atoms with van der Waals surface area (Å²) < 4.78 is 0. The van der Waals surface area contributed by atoms with E-state index in [1.807, 2.05) is 11.8 Å². The predicted molar refractivity (Wildman–Crippen MR) is 120 cm³/mol. The first kappa shape index (κ1) is 21.8. The SMILES string of the molecule is Cc1ccc(NC(=O)[C@@H]2CC(=O)Nc3nc(N4CCC(C(N)=O)CC4)[nH]c(=O)c32)cc1Cl. The lowest BCUT2D eigenvalue weighted by Crippen LogP contribution is -2.41. The van der Waals surface area contributed by atoms with E-state index in [4.69, 9.17) is 17.3 Å². The molecule has 1 aromatic heterocycles. The fraction of sp³-hybridized carbons (Fsp3) is 0.381. The molecule has 0 saturated carbocycles. The highest BCUT2D eigenvalue weighted by Crippen LogP contribution is 2.31. The second kappa shape index (κ2) is 8.62. The molecule has 2 aromatic rings. The molecular formula is C21H23ClN6O4. The molecule has 10 nitrogen and oxygen atoms in total. The minimum absolute atomic E-state index is 0.0686. The van der Waals surface area contributed by atoms with Crippen LogP contribution < -0.4 is 26.8 Å². The molecule has 0 aliphatic carbocycles. The Morgan fingerprint density at radius 2 is 1.97 bits per heavy atom. The number of carbonyl (C=O) groups is 3. The summed E-state index contributed by atoms with van der Waals surface area (Å²) in [5.74, 6) is -2.10. The van der Waals surface area contributed by atoms with E-state index in [1.54, 1.807) is 18.2 Å². The molecule has 168 valence electrons. The van der Waals surface area contributed by atoms with Gasteiger partial charge in [-0.25, -0.2) is 0 Å². The number of hydrogen-bond donors (Lipinski definition) is 4. The molecule has 4 rings (SSSR count). The number of primary amides is 1. The number of amides is 3. The van der Waals surface area contributed by atoms with Gasteiger partial charge in [-0.05, 0) is 37.5 Å². The number of benzene rings is 1. The molecule has 1 saturated heterocycles. The molecule has 0 radical (unpaired) electrons. The maximum absolute atomic E-state index is 12.9. The van der Waals surface area contributed by atoms with Gasteiger partial charge in [0.2, 0.25) is 23.7 Å². The minimum atomic E-state index is -0.996. The van der Waals surface area contributed by atoms with Crippen molar-refractivity contribution in [2.75, 3.05) is 28.6 Å². The van der Waals surface area contributed by atoms with Gasteiger partial charge in [-0.15, -0.1) is 0 Å². The minimum Gasteiger partial charge on any atom is -0.369 e. The number of hydrogen-bond acceptors (Lipinski definition) is 6. The molecule has 1 atom stereocenters. The Morgan fingerprint density at radius 1 is 1.25 bits per heavy atom. The fourth-order valence-electron chi connectivity index (χ4n) is 4.01. The van der Waals surface area contributed by atoms with Crippen LogP contribution in [0.1, 0.15) is 36.3 Å². The Labute approximate surface area is 188 Å². The molecule has 0 bridgehead atoms. The Balaban J connectivity index is 1.59. The summed E-state index contributed by atoms with van der Waals surface area (Å²) in [7, 11) is 0. The summed E-state index contributed by atoms with van der Waals surface area (Å²) in [6, 6.07) is 5.08. The van der Waals surface area contributed by atoms with Crippen LogP contribution in [0.2, 0.25) is 5.02 Å². The first-order valence-corrected chi connectivity index (χ1v) is 10.7. The number of piperidine rings is 1. The van der Waals surface area contributed by atoms with Crippen LogP contribution in [-0.4, -0.2) is 40.8 Å². The molecule has 1 aromatic carbocycles. The lowest BCUT2D eigenvalue weighted by atomic mass is 9.92. The van der Waals surface area contributed by atoms with E-state index >= 15 is 0 Å². The summed E-state index contributed by atoms with van der Waals surface area (Å²) in [6.45, 7) is 2.82. The van der Waals surface area contributed by atoms with Crippen molar-refractivity contribution in [1.29, 1.82) is 0 Å². The van der Waals surface area contributed by atoms with Crippen LogP contribution in [0.3, 0.4) is 0 Å². The summed E-state index contributed by atoms with van der Waals surface area (Å²) in [5.41, 5.74) is 6.31. The number of aromatic amines is 1. The van der Waals surface area contributed by atoms with E-state index < -0.39 is 23.3 Å². The average molecular weight is 459 g/mol. The summed E-state index contributed by atoms with van der Waals surface area (Å²) in [6.07, 6.45) is 0.922. The van der Waals surface area contributed by atoms with Crippen molar-refractivity contribution in [3.63, 3.8) is 0 Å². The Morgan fingerprint density at radius 3 is 2.62 bits per heavy atom. The molecular weight excluding hydrogens is 436 g/mol. The van der Waals surface area contributed by atoms with Crippen LogP contribution in [0.5, 0.6) is 0 Å². The molecule has 11 heteroatoms. The van der Waals surface area contributed by atoms with Gasteiger partial charge in [0, 0.05) is 36.1 Å². The van der Waals surface area contributed by atoms with Gasteiger partial charge in [0.25, 0.3) is 5.56 Å². The quantitative estimate of drug-likeness (QED) is 0.545. The highest BCUT2D eigenvalue weighted by atomic mass is 35.5. The number of nitrogens with zero attached hydrogens (tertiary/aromatic N) is 2. The van der Waals surface area contributed by atoms with E-state index in [9.17, 15) is 19.2 Å². The number of nitrogens with one attached hydrogen (secondary N) is 3. The highest BCUT2D eigenvalue weighted by molar-refractivity contribution is 6.31. The number of halogens is 1. The summed E-state index contributed by atoms with van der Waals surface area (Å²) >= 11 is 6.12. The molecule has 0 unspecified atom stereocenters. The lowest BCUT2D eigenvalue weighted by molar-refractivity contribution is -0.123. The van der Waals surface area contributed by atoms with E-state index in [2.05, 4.69) is 20.6 Å².